The molecule has 1 heterocycles. The van der Waals surface area contributed by atoms with Gasteiger partial charge in [0.05, 0.1) is 0 Å². The van der Waals surface area contributed by atoms with E-state index in [1.807, 2.05) is 7.05 Å². The Morgan fingerprint density at radius 3 is 2.81 bits per heavy atom. The maximum absolute atomic E-state index is 4.08. The number of aromatic nitrogens is 2. The molecule has 0 unspecified atom stereocenters. The summed E-state index contributed by atoms with van der Waals surface area (Å²) in [5.74, 6) is 0. The predicted octanol–water partition coefficient (Wildman–Crippen LogP) is 3.25. The van der Waals surface area contributed by atoms with E-state index in [0.717, 1.165) is 15.6 Å². The van der Waals surface area contributed by atoms with Gasteiger partial charge < -0.3 is 4.90 Å². The van der Waals surface area contributed by atoms with Gasteiger partial charge in [-0.3, -0.25) is 0 Å². The van der Waals surface area contributed by atoms with Crippen LogP contribution in [0.3, 0.4) is 0 Å². The van der Waals surface area contributed by atoms with Gasteiger partial charge in [0.2, 0.25) is 5.13 Å². The van der Waals surface area contributed by atoms with E-state index >= 15 is 0 Å². The second kappa shape index (κ2) is 4.93. The first-order chi connectivity index (χ1) is 7.65. The van der Waals surface area contributed by atoms with Crippen molar-refractivity contribution in [3.05, 3.63) is 39.3 Å². The van der Waals surface area contributed by atoms with Crippen molar-refractivity contribution in [2.75, 3.05) is 11.9 Å². The molecule has 0 amide bonds. The van der Waals surface area contributed by atoms with E-state index in [9.17, 15) is 0 Å². The van der Waals surface area contributed by atoms with Crippen molar-refractivity contribution in [3.8, 4) is 0 Å². The summed E-state index contributed by atoms with van der Waals surface area (Å²) in [6.07, 6.45) is 0. The number of anilines is 1. The maximum Gasteiger partial charge on any atom is 0.209 e. The summed E-state index contributed by atoms with van der Waals surface area (Å²) in [6.45, 7) is 2.95. The number of hydrogen-bond acceptors (Lipinski definition) is 4. The molecule has 0 aliphatic rings. The Morgan fingerprint density at radius 2 is 2.19 bits per heavy atom. The van der Waals surface area contributed by atoms with Gasteiger partial charge in [-0.2, -0.15) is 0 Å². The largest absolute Gasteiger partial charge is 0.345 e. The maximum atomic E-state index is 4.08. The lowest BCUT2D eigenvalue weighted by Gasteiger charge is -2.15. The van der Waals surface area contributed by atoms with E-state index in [1.54, 1.807) is 0 Å². The fourth-order valence-electron chi connectivity index (χ4n) is 1.50. The molecule has 0 atom stereocenters. The summed E-state index contributed by atoms with van der Waals surface area (Å²) in [5, 5.41) is 8.95. The molecular weight excluding hydrogens is 286 g/mol. The van der Waals surface area contributed by atoms with Gasteiger partial charge in [-0.05, 0) is 28.4 Å². The zero-order valence-corrected chi connectivity index (χ0v) is 11.5. The first kappa shape index (κ1) is 11.5. The van der Waals surface area contributed by atoms with Crippen molar-refractivity contribution >= 4 is 32.4 Å². The minimum atomic E-state index is 0.818. The van der Waals surface area contributed by atoms with Gasteiger partial charge >= 0.3 is 0 Å². The van der Waals surface area contributed by atoms with Crippen molar-refractivity contribution in [2.45, 2.75) is 13.5 Å². The minimum absolute atomic E-state index is 0.818. The zero-order valence-electron chi connectivity index (χ0n) is 9.14. The van der Waals surface area contributed by atoms with Crippen LogP contribution < -0.4 is 4.90 Å². The van der Waals surface area contributed by atoms with Crippen LogP contribution in [0.5, 0.6) is 0 Å². The van der Waals surface area contributed by atoms with E-state index in [0.29, 0.717) is 0 Å². The second-order valence-corrected chi connectivity index (χ2v) is 5.91. The smallest absolute Gasteiger partial charge is 0.209 e. The fourth-order valence-corrected chi connectivity index (χ4v) is 2.55. The Balaban J connectivity index is 2.10. The van der Waals surface area contributed by atoms with Crippen molar-refractivity contribution in [1.29, 1.82) is 0 Å². The highest BCUT2D eigenvalue weighted by Crippen LogP contribution is 2.24. The zero-order chi connectivity index (χ0) is 11.5. The molecule has 2 aromatic rings. The normalized spacial score (nSPS) is 10.4. The summed E-state index contributed by atoms with van der Waals surface area (Å²) in [4.78, 5) is 2.09. The first-order valence-electron chi connectivity index (χ1n) is 4.91. The number of rotatable bonds is 3. The topological polar surface area (TPSA) is 29.0 Å². The average Bonchev–Trinajstić information content (AvgIpc) is 2.65. The van der Waals surface area contributed by atoms with E-state index in [1.165, 1.54) is 22.5 Å². The van der Waals surface area contributed by atoms with Crippen LogP contribution in [0.2, 0.25) is 0 Å². The number of halogens is 1. The Kier molecular flexibility index (Phi) is 3.56. The molecular formula is C11H12BrN3S. The van der Waals surface area contributed by atoms with Crippen molar-refractivity contribution in [1.82, 2.24) is 10.2 Å². The molecule has 0 saturated heterocycles. The van der Waals surface area contributed by atoms with E-state index in [2.05, 4.69) is 62.2 Å². The predicted molar refractivity (Wildman–Crippen MR) is 70.9 cm³/mol. The molecule has 2 rings (SSSR count). The first-order valence-corrected chi connectivity index (χ1v) is 6.52. The summed E-state index contributed by atoms with van der Waals surface area (Å²) < 4.78 is 0.818. The van der Waals surface area contributed by atoms with Crippen molar-refractivity contribution < 1.29 is 0 Å². The summed E-state index contributed by atoms with van der Waals surface area (Å²) in [6, 6.07) is 8.49. The van der Waals surface area contributed by atoms with Gasteiger partial charge in [-0.1, -0.05) is 41.2 Å². The average molecular weight is 298 g/mol. The molecule has 16 heavy (non-hydrogen) atoms. The van der Waals surface area contributed by atoms with Gasteiger partial charge in [-0.25, -0.2) is 0 Å². The third-order valence-electron chi connectivity index (χ3n) is 2.22. The molecule has 84 valence electrons. The van der Waals surface area contributed by atoms with Gasteiger partial charge in [0, 0.05) is 13.6 Å². The Hall–Kier alpha value is -0.940. The molecule has 0 aliphatic carbocycles. The number of benzene rings is 1. The summed E-state index contributed by atoms with van der Waals surface area (Å²) in [5.41, 5.74) is 2.57. The van der Waals surface area contributed by atoms with Gasteiger partial charge in [0.15, 0.2) is 3.92 Å². The molecule has 0 N–H and O–H groups in total. The van der Waals surface area contributed by atoms with Gasteiger partial charge in [0.25, 0.3) is 0 Å². The Morgan fingerprint density at radius 1 is 1.38 bits per heavy atom. The monoisotopic (exact) mass is 297 g/mol. The third kappa shape index (κ3) is 2.80. The lowest BCUT2D eigenvalue weighted by atomic mass is 10.1. The molecule has 1 aromatic heterocycles. The SMILES string of the molecule is Cc1cccc(CN(C)c2nnc(Br)s2)c1. The summed E-state index contributed by atoms with van der Waals surface area (Å²) in [7, 11) is 2.02. The lowest BCUT2D eigenvalue weighted by Crippen LogP contribution is -2.16. The van der Waals surface area contributed by atoms with Crippen molar-refractivity contribution in [3.63, 3.8) is 0 Å². The van der Waals surface area contributed by atoms with E-state index in [4.69, 9.17) is 0 Å². The molecule has 5 heteroatoms. The third-order valence-corrected chi connectivity index (χ3v) is 3.69. The molecule has 0 fully saturated rings. The molecule has 0 bridgehead atoms. The molecule has 0 aliphatic heterocycles. The van der Waals surface area contributed by atoms with E-state index < -0.39 is 0 Å². The number of hydrogen-bond donors (Lipinski definition) is 0. The fraction of sp³-hybridized carbons (Fsp3) is 0.273. The van der Waals surface area contributed by atoms with Crippen LogP contribution in [-0.2, 0) is 6.54 Å². The van der Waals surface area contributed by atoms with Crippen LogP contribution in [0.1, 0.15) is 11.1 Å². The van der Waals surface area contributed by atoms with Crippen LogP contribution in [0, 0.1) is 6.92 Å². The van der Waals surface area contributed by atoms with Crippen molar-refractivity contribution in [2.24, 2.45) is 0 Å². The molecule has 0 spiro atoms. The van der Waals surface area contributed by atoms with Crippen LogP contribution in [0.15, 0.2) is 28.2 Å². The van der Waals surface area contributed by atoms with Crippen LogP contribution >= 0.6 is 27.3 Å². The van der Waals surface area contributed by atoms with Gasteiger partial charge in [-0.15, -0.1) is 10.2 Å². The lowest BCUT2D eigenvalue weighted by molar-refractivity contribution is 0.891. The minimum Gasteiger partial charge on any atom is -0.345 e. The van der Waals surface area contributed by atoms with E-state index in [-0.39, 0.29) is 0 Å². The Labute approximate surface area is 107 Å². The van der Waals surface area contributed by atoms with Crippen LogP contribution in [0.4, 0.5) is 5.13 Å². The summed E-state index contributed by atoms with van der Waals surface area (Å²) >= 11 is 4.86. The highest BCUT2D eigenvalue weighted by atomic mass is 79.9. The molecule has 3 nitrogen and oxygen atoms in total. The van der Waals surface area contributed by atoms with Crippen LogP contribution in [-0.4, -0.2) is 17.2 Å². The molecule has 0 radical (unpaired) electrons. The Bertz CT molecular complexity index is 484. The standard InChI is InChI=1S/C11H12BrN3S/c1-8-4-3-5-9(6-8)7-15(2)11-14-13-10(12)16-11/h3-6H,7H2,1-2H3. The molecule has 1 aromatic carbocycles. The quantitative estimate of drug-likeness (QED) is 0.871. The van der Waals surface area contributed by atoms with Gasteiger partial charge in [0.1, 0.15) is 0 Å². The highest BCUT2D eigenvalue weighted by molar-refractivity contribution is 9.11. The number of aryl methyl sites for hydroxylation is 1. The number of nitrogens with zero attached hydrogens (tertiary/aromatic N) is 3. The molecule has 0 saturated carbocycles. The second-order valence-electron chi connectivity index (χ2n) is 3.68. The van der Waals surface area contributed by atoms with Crippen LogP contribution in [0.25, 0.3) is 0 Å². The highest BCUT2D eigenvalue weighted by Gasteiger charge is 2.07.